The maximum absolute atomic E-state index is 12.2. The predicted molar refractivity (Wildman–Crippen MR) is 98.2 cm³/mol. The molecule has 150 valence electrons. The van der Waals surface area contributed by atoms with Gasteiger partial charge in [-0.1, -0.05) is 6.07 Å². The number of amides is 2. The Balaban J connectivity index is 1.65. The number of likely N-dealkylation sites (tertiary alicyclic amines) is 1. The zero-order valence-electron chi connectivity index (χ0n) is 15.4. The SMILES string of the molecule is CNC(=O)CC(N)C(=O)N1CC(Oc2ccc3c(c2C(=O)O)OB(O)CC3)C1. The molecule has 28 heavy (non-hydrogen) atoms. The van der Waals surface area contributed by atoms with Crippen molar-refractivity contribution in [3.05, 3.63) is 23.3 Å². The van der Waals surface area contributed by atoms with Gasteiger partial charge in [0, 0.05) is 7.05 Å². The third-order valence-corrected chi connectivity index (χ3v) is 4.78. The van der Waals surface area contributed by atoms with Crippen LogP contribution in [0.1, 0.15) is 22.3 Å². The average molecular weight is 391 g/mol. The molecule has 3 rings (SSSR count). The lowest BCUT2D eigenvalue weighted by Gasteiger charge is -2.40. The number of carboxylic acids is 1. The van der Waals surface area contributed by atoms with Crippen LogP contribution in [-0.2, 0) is 16.0 Å². The molecule has 5 N–H and O–H groups in total. The fourth-order valence-corrected chi connectivity index (χ4v) is 3.21. The molecule has 1 aromatic carbocycles. The standard InChI is InChI=1S/C17H22BN3O7/c1-20-13(22)6-11(19)16(23)21-7-10(8-21)27-12-3-2-9-4-5-18(26)28-15(9)14(12)17(24)25/h2-3,10-11,26H,4-8,19H2,1H3,(H,20,22)(H,24,25). The van der Waals surface area contributed by atoms with E-state index < -0.39 is 25.2 Å². The van der Waals surface area contributed by atoms with Crippen molar-refractivity contribution in [1.82, 2.24) is 10.2 Å². The summed E-state index contributed by atoms with van der Waals surface area (Å²) in [5.41, 5.74) is 6.30. The van der Waals surface area contributed by atoms with Crippen LogP contribution in [0.15, 0.2) is 12.1 Å². The van der Waals surface area contributed by atoms with Gasteiger partial charge in [-0.05, 0) is 24.4 Å². The maximum Gasteiger partial charge on any atom is 0.522 e. The summed E-state index contributed by atoms with van der Waals surface area (Å²) in [7, 11) is 0.411. The quantitative estimate of drug-likeness (QED) is 0.444. The second-order valence-electron chi connectivity index (χ2n) is 6.81. The van der Waals surface area contributed by atoms with Crippen molar-refractivity contribution in [2.45, 2.75) is 31.3 Å². The van der Waals surface area contributed by atoms with Gasteiger partial charge in [0.25, 0.3) is 0 Å². The molecule has 2 aliphatic rings. The minimum Gasteiger partial charge on any atom is -0.535 e. The van der Waals surface area contributed by atoms with Gasteiger partial charge >= 0.3 is 13.1 Å². The van der Waals surface area contributed by atoms with Crippen molar-refractivity contribution in [2.75, 3.05) is 20.1 Å². The number of ether oxygens (including phenoxy) is 1. The molecule has 0 bridgehead atoms. The molecule has 2 heterocycles. The van der Waals surface area contributed by atoms with Gasteiger partial charge in [-0.25, -0.2) is 4.79 Å². The van der Waals surface area contributed by atoms with E-state index in [9.17, 15) is 24.5 Å². The summed E-state index contributed by atoms with van der Waals surface area (Å²) < 4.78 is 11.1. The summed E-state index contributed by atoms with van der Waals surface area (Å²) in [6.07, 6.45) is 0.389. The lowest BCUT2D eigenvalue weighted by molar-refractivity contribution is -0.143. The largest absolute Gasteiger partial charge is 0.535 e. The lowest BCUT2D eigenvalue weighted by Crippen LogP contribution is -2.60. The normalized spacial score (nSPS) is 17.1. The van der Waals surface area contributed by atoms with Crippen molar-refractivity contribution in [1.29, 1.82) is 0 Å². The van der Waals surface area contributed by atoms with Crippen LogP contribution in [0, 0.1) is 0 Å². The number of carboxylic acid groups (broad SMARTS) is 1. The number of fused-ring (bicyclic) bond motifs is 1. The van der Waals surface area contributed by atoms with E-state index in [1.54, 1.807) is 12.1 Å². The maximum atomic E-state index is 12.2. The van der Waals surface area contributed by atoms with E-state index in [0.29, 0.717) is 18.3 Å². The monoisotopic (exact) mass is 391 g/mol. The van der Waals surface area contributed by atoms with Crippen LogP contribution >= 0.6 is 0 Å². The number of aromatic carboxylic acids is 1. The third kappa shape index (κ3) is 4.05. The molecule has 1 fully saturated rings. The number of hydrogen-bond donors (Lipinski definition) is 4. The van der Waals surface area contributed by atoms with Gasteiger partial charge in [0.2, 0.25) is 11.8 Å². The number of benzene rings is 1. The van der Waals surface area contributed by atoms with Gasteiger partial charge in [-0.3, -0.25) is 9.59 Å². The Morgan fingerprint density at radius 3 is 2.79 bits per heavy atom. The van der Waals surface area contributed by atoms with E-state index in [0.717, 1.165) is 0 Å². The Morgan fingerprint density at radius 1 is 1.43 bits per heavy atom. The summed E-state index contributed by atoms with van der Waals surface area (Å²) in [6, 6.07) is 2.34. The van der Waals surface area contributed by atoms with E-state index >= 15 is 0 Å². The van der Waals surface area contributed by atoms with E-state index in [2.05, 4.69) is 5.32 Å². The lowest BCUT2D eigenvalue weighted by atomic mass is 9.78. The molecule has 11 heteroatoms. The Morgan fingerprint density at radius 2 is 2.14 bits per heavy atom. The highest BCUT2D eigenvalue weighted by molar-refractivity contribution is 6.44. The molecule has 0 saturated carbocycles. The molecule has 2 amide bonds. The Bertz CT molecular complexity index is 797. The second kappa shape index (κ2) is 8.07. The summed E-state index contributed by atoms with van der Waals surface area (Å²) in [6.45, 7) is 0.472. The molecule has 1 atom stereocenters. The van der Waals surface area contributed by atoms with E-state index in [1.807, 2.05) is 0 Å². The fraction of sp³-hybridized carbons (Fsp3) is 0.471. The van der Waals surface area contributed by atoms with Gasteiger partial charge in [0.05, 0.1) is 25.6 Å². The first kappa shape index (κ1) is 20.0. The number of nitrogens with zero attached hydrogens (tertiary/aromatic N) is 1. The van der Waals surface area contributed by atoms with Crippen molar-refractivity contribution < 1.29 is 33.9 Å². The topological polar surface area (TPSA) is 151 Å². The highest BCUT2D eigenvalue weighted by Gasteiger charge is 2.37. The van der Waals surface area contributed by atoms with Crippen LogP contribution in [-0.4, -0.2) is 72.2 Å². The van der Waals surface area contributed by atoms with Crippen molar-refractivity contribution in [3.63, 3.8) is 0 Å². The van der Waals surface area contributed by atoms with Gasteiger partial charge in [0.15, 0.2) is 0 Å². The first-order valence-corrected chi connectivity index (χ1v) is 8.95. The van der Waals surface area contributed by atoms with Gasteiger partial charge in [0.1, 0.15) is 23.2 Å². The molecular weight excluding hydrogens is 369 g/mol. The van der Waals surface area contributed by atoms with Crippen LogP contribution in [0.5, 0.6) is 11.5 Å². The molecule has 1 unspecified atom stereocenters. The smallest absolute Gasteiger partial charge is 0.522 e. The zero-order valence-corrected chi connectivity index (χ0v) is 15.4. The fourth-order valence-electron chi connectivity index (χ4n) is 3.21. The number of rotatable bonds is 6. The summed E-state index contributed by atoms with van der Waals surface area (Å²) in [4.78, 5) is 36.7. The Hall–Kier alpha value is -2.79. The van der Waals surface area contributed by atoms with Gasteiger partial charge in [-0.15, -0.1) is 0 Å². The predicted octanol–water partition coefficient (Wildman–Crippen LogP) is -1.15. The molecule has 1 aromatic rings. The summed E-state index contributed by atoms with van der Waals surface area (Å²) >= 11 is 0. The van der Waals surface area contributed by atoms with Crippen molar-refractivity contribution in [2.24, 2.45) is 5.73 Å². The number of carbonyl (C=O) groups is 3. The van der Waals surface area contributed by atoms with Crippen molar-refractivity contribution >= 4 is 24.9 Å². The number of hydrogen-bond acceptors (Lipinski definition) is 7. The van der Waals surface area contributed by atoms with Crippen molar-refractivity contribution in [3.8, 4) is 11.5 Å². The number of carbonyl (C=O) groups excluding carboxylic acids is 2. The first-order valence-electron chi connectivity index (χ1n) is 8.95. The van der Waals surface area contributed by atoms with Crippen LogP contribution in [0.2, 0.25) is 6.32 Å². The highest BCUT2D eigenvalue weighted by Crippen LogP contribution is 2.37. The molecule has 0 spiro atoms. The average Bonchev–Trinajstić information content (AvgIpc) is 2.62. The first-order chi connectivity index (χ1) is 13.3. The Labute approximate surface area is 161 Å². The molecule has 0 aromatic heterocycles. The van der Waals surface area contributed by atoms with Crippen LogP contribution in [0.3, 0.4) is 0 Å². The molecule has 0 radical (unpaired) electrons. The van der Waals surface area contributed by atoms with Crippen LogP contribution in [0.25, 0.3) is 0 Å². The molecular formula is C17H22BN3O7. The minimum absolute atomic E-state index is 0.106. The van der Waals surface area contributed by atoms with E-state index in [1.165, 1.54) is 11.9 Å². The third-order valence-electron chi connectivity index (χ3n) is 4.78. The van der Waals surface area contributed by atoms with E-state index in [-0.39, 0.29) is 48.4 Å². The molecule has 0 aliphatic carbocycles. The van der Waals surface area contributed by atoms with E-state index in [4.69, 9.17) is 15.1 Å². The number of nitrogens with two attached hydrogens (primary N) is 1. The van der Waals surface area contributed by atoms with Gasteiger partial charge in [-0.2, -0.15) is 0 Å². The molecule has 10 nitrogen and oxygen atoms in total. The summed E-state index contributed by atoms with van der Waals surface area (Å²) in [5, 5.41) is 21.7. The molecule has 1 saturated heterocycles. The second-order valence-corrected chi connectivity index (χ2v) is 6.81. The van der Waals surface area contributed by atoms with Crippen LogP contribution in [0.4, 0.5) is 0 Å². The summed E-state index contributed by atoms with van der Waals surface area (Å²) in [5.74, 6) is -1.67. The number of aryl methyl sites for hydroxylation is 1. The molecule has 2 aliphatic heterocycles. The number of nitrogens with one attached hydrogen (secondary N) is 1. The zero-order chi connectivity index (χ0) is 20.4. The Kier molecular flexibility index (Phi) is 5.75. The van der Waals surface area contributed by atoms with Gasteiger partial charge < -0.3 is 35.5 Å². The van der Waals surface area contributed by atoms with Crippen LogP contribution < -0.4 is 20.4 Å². The highest BCUT2D eigenvalue weighted by atomic mass is 16.5. The minimum atomic E-state index is -1.22.